The quantitative estimate of drug-likeness (QED) is 0.846. The zero-order valence-corrected chi connectivity index (χ0v) is 12.3. The molecule has 1 heterocycles. The van der Waals surface area contributed by atoms with Crippen LogP contribution in [0.1, 0.15) is 33.5 Å². The molecule has 1 aromatic rings. The third-order valence-electron chi connectivity index (χ3n) is 2.72. The largest absolute Gasteiger partial charge is 0.384 e. The van der Waals surface area contributed by atoms with Crippen LogP contribution in [0.4, 0.5) is 11.6 Å². The molecular formula is C13H23N5O. The van der Waals surface area contributed by atoms with Gasteiger partial charge in [-0.25, -0.2) is 9.97 Å². The summed E-state index contributed by atoms with van der Waals surface area (Å²) in [6.45, 7) is 8.99. The summed E-state index contributed by atoms with van der Waals surface area (Å²) in [5.74, 6) is 1.73. The van der Waals surface area contributed by atoms with E-state index in [0.717, 1.165) is 0 Å². The fourth-order valence-electron chi connectivity index (χ4n) is 1.56. The lowest BCUT2D eigenvalue weighted by molar-refractivity contribution is -0.119. The first kappa shape index (κ1) is 15.2. The van der Waals surface area contributed by atoms with E-state index in [1.165, 1.54) is 0 Å². The monoisotopic (exact) mass is 265 g/mol. The summed E-state index contributed by atoms with van der Waals surface area (Å²) >= 11 is 0. The molecule has 6 nitrogen and oxygen atoms in total. The summed E-state index contributed by atoms with van der Waals surface area (Å²) in [4.78, 5) is 22.1. The molecule has 106 valence electrons. The van der Waals surface area contributed by atoms with Gasteiger partial charge in [-0.3, -0.25) is 4.79 Å². The Morgan fingerprint density at radius 2 is 2.05 bits per heavy atom. The minimum absolute atomic E-state index is 0.0589. The van der Waals surface area contributed by atoms with E-state index in [-0.39, 0.29) is 17.9 Å². The molecule has 0 radical (unpaired) electrons. The zero-order valence-electron chi connectivity index (χ0n) is 12.3. The molecule has 0 aliphatic carbocycles. The average Bonchev–Trinajstić information content (AvgIpc) is 2.33. The van der Waals surface area contributed by atoms with E-state index < -0.39 is 0 Å². The van der Waals surface area contributed by atoms with E-state index in [1.54, 1.807) is 13.1 Å². The van der Waals surface area contributed by atoms with E-state index in [4.69, 9.17) is 5.73 Å². The number of nitrogen functional groups attached to an aromatic ring is 1. The van der Waals surface area contributed by atoms with Crippen molar-refractivity contribution in [2.24, 2.45) is 0 Å². The Kier molecular flexibility index (Phi) is 4.69. The Bertz CT molecular complexity index is 453. The summed E-state index contributed by atoms with van der Waals surface area (Å²) in [5, 5.41) is 2.60. The van der Waals surface area contributed by atoms with Gasteiger partial charge in [-0.15, -0.1) is 0 Å². The molecule has 0 spiro atoms. The topological polar surface area (TPSA) is 84.1 Å². The predicted molar refractivity (Wildman–Crippen MR) is 77.1 cm³/mol. The summed E-state index contributed by atoms with van der Waals surface area (Å²) in [6.07, 6.45) is 0. The summed E-state index contributed by atoms with van der Waals surface area (Å²) in [5.41, 5.74) is 5.65. The Balaban J connectivity index is 3.10. The number of hydrogen-bond acceptors (Lipinski definition) is 5. The number of carbonyl (C=O) groups excluding carboxylic acids is 1. The van der Waals surface area contributed by atoms with Crippen molar-refractivity contribution in [2.75, 3.05) is 30.8 Å². The molecule has 0 atom stereocenters. The van der Waals surface area contributed by atoms with Crippen molar-refractivity contribution in [2.45, 2.75) is 33.1 Å². The van der Waals surface area contributed by atoms with Crippen molar-refractivity contribution in [1.82, 2.24) is 15.3 Å². The highest BCUT2D eigenvalue weighted by molar-refractivity contribution is 5.80. The van der Waals surface area contributed by atoms with Gasteiger partial charge in [0.1, 0.15) is 17.5 Å². The molecule has 0 saturated heterocycles. The molecule has 3 N–H and O–H groups in total. The molecule has 0 bridgehead atoms. The summed E-state index contributed by atoms with van der Waals surface area (Å²) in [7, 11) is 1.62. The molecule has 19 heavy (non-hydrogen) atoms. The van der Waals surface area contributed by atoms with Gasteiger partial charge >= 0.3 is 0 Å². The molecule has 0 unspecified atom stereocenters. The van der Waals surface area contributed by atoms with Gasteiger partial charge in [0.2, 0.25) is 5.91 Å². The van der Waals surface area contributed by atoms with Gasteiger partial charge in [0.05, 0.1) is 6.54 Å². The average molecular weight is 265 g/mol. The van der Waals surface area contributed by atoms with Crippen LogP contribution in [-0.4, -0.2) is 36.0 Å². The van der Waals surface area contributed by atoms with Gasteiger partial charge in [0.25, 0.3) is 0 Å². The maximum atomic E-state index is 11.5. The van der Waals surface area contributed by atoms with Crippen LogP contribution in [0.5, 0.6) is 0 Å². The fraction of sp³-hybridized carbons (Fsp3) is 0.615. The first-order valence-electron chi connectivity index (χ1n) is 6.38. The highest BCUT2D eigenvalue weighted by atomic mass is 16.1. The lowest BCUT2D eigenvalue weighted by Gasteiger charge is -2.24. The summed E-state index contributed by atoms with van der Waals surface area (Å²) < 4.78 is 0. The van der Waals surface area contributed by atoms with Gasteiger partial charge in [-0.2, -0.15) is 0 Å². The SMILES string of the molecule is CCN(CC(=O)NC)c1cc(N)nc(C(C)(C)C)n1. The van der Waals surface area contributed by atoms with Crippen molar-refractivity contribution in [3.05, 3.63) is 11.9 Å². The molecule has 0 saturated carbocycles. The Labute approximate surface area is 114 Å². The summed E-state index contributed by atoms with van der Waals surface area (Å²) in [6, 6.07) is 1.70. The van der Waals surface area contributed by atoms with E-state index in [2.05, 4.69) is 15.3 Å². The number of aromatic nitrogens is 2. The molecular weight excluding hydrogens is 242 g/mol. The standard InChI is InChI=1S/C13H23N5O/c1-6-18(8-11(19)15-5)10-7-9(14)16-12(17-10)13(2,3)4/h7H,6,8H2,1-5H3,(H,15,19)(H2,14,16,17). The maximum Gasteiger partial charge on any atom is 0.239 e. The lowest BCUT2D eigenvalue weighted by atomic mass is 9.96. The molecule has 0 fully saturated rings. The van der Waals surface area contributed by atoms with Crippen molar-refractivity contribution in [3.63, 3.8) is 0 Å². The molecule has 6 heteroatoms. The first-order valence-corrected chi connectivity index (χ1v) is 6.38. The van der Waals surface area contributed by atoms with E-state index in [9.17, 15) is 4.79 Å². The number of hydrogen-bond donors (Lipinski definition) is 2. The van der Waals surface area contributed by atoms with Crippen LogP contribution in [0.2, 0.25) is 0 Å². The minimum atomic E-state index is -0.184. The number of carbonyl (C=O) groups is 1. The Hall–Kier alpha value is -1.85. The number of nitrogens with one attached hydrogen (secondary N) is 1. The second-order valence-electron chi connectivity index (χ2n) is 5.41. The van der Waals surface area contributed by atoms with E-state index in [1.807, 2.05) is 32.6 Å². The normalized spacial score (nSPS) is 11.2. The second kappa shape index (κ2) is 5.86. The van der Waals surface area contributed by atoms with Crippen LogP contribution in [0.25, 0.3) is 0 Å². The van der Waals surface area contributed by atoms with Crippen LogP contribution >= 0.6 is 0 Å². The van der Waals surface area contributed by atoms with Gasteiger partial charge in [0.15, 0.2) is 0 Å². The molecule has 1 aromatic heterocycles. The highest BCUT2D eigenvalue weighted by Gasteiger charge is 2.20. The smallest absolute Gasteiger partial charge is 0.239 e. The van der Waals surface area contributed by atoms with Crippen LogP contribution in [0.15, 0.2) is 6.07 Å². The van der Waals surface area contributed by atoms with Crippen LogP contribution in [-0.2, 0) is 10.2 Å². The highest BCUT2D eigenvalue weighted by Crippen LogP contribution is 2.22. The maximum absolute atomic E-state index is 11.5. The predicted octanol–water partition coefficient (Wildman–Crippen LogP) is 0.929. The third kappa shape index (κ3) is 4.08. The van der Waals surface area contributed by atoms with Gasteiger partial charge < -0.3 is 16.0 Å². The van der Waals surface area contributed by atoms with Crippen molar-refractivity contribution >= 4 is 17.5 Å². The van der Waals surface area contributed by atoms with E-state index in [0.29, 0.717) is 24.0 Å². The van der Waals surface area contributed by atoms with Gasteiger partial charge in [0, 0.05) is 25.1 Å². The third-order valence-corrected chi connectivity index (χ3v) is 2.72. The minimum Gasteiger partial charge on any atom is -0.384 e. The van der Waals surface area contributed by atoms with Crippen molar-refractivity contribution < 1.29 is 4.79 Å². The fourth-order valence-corrected chi connectivity index (χ4v) is 1.56. The van der Waals surface area contributed by atoms with Crippen molar-refractivity contribution in [3.8, 4) is 0 Å². The first-order chi connectivity index (χ1) is 8.77. The number of nitrogens with zero attached hydrogens (tertiary/aromatic N) is 3. The number of anilines is 2. The number of nitrogens with two attached hydrogens (primary N) is 1. The van der Waals surface area contributed by atoms with Crippen molar-refractivity contribution in [1.29, 1.82) is 0 Å². The van der Waals surface area contributed by atoms with Gasteiger partial charge in [-0.1, -0.05) is 20.8 Å². The van der Waals surface area contributed by atoms with Crippen LogP contribution in [0.3, 0.4) is 0 Å². The van der Waals surface area contributed by atoms with Crippen LogP contribution in [0, 0.1) is 0 Å². The second-order valence-corrected chi connectivity index (χ2v) is 5.41. The molecule has 1 amide bonds. The molecule has 0 aromatic carbocycles. The molecule has 1 rings (SSSR count). The lowest BCUT2D eigenvalue weighted by Crippen LogP contribution is -2.36. The number of likely N-dealkylation sites (N-methyl/N-ethyl adjacent to an activating group) is 2. The zero-order chi connectivity index (χ0) is 14.6. The van der Waals surface area contributed by atoms with Crippen LogP contribution < -0.4 is 16.0 Å². The number of amides is 1. The molecule has 0 aliphatic rings. The van der Waals surface area contributed by atoms with E-state index >= 15 is 0 Å². The Morgan fingerprint density at radius 1 is 1.42 bits per heavy atom. The molecule has 0 aliphatic heterocycles. The Morgan fingerprint density at radius 3 is 2.53 bits per heavy atom. The van der Waals surface area contributed by atoms with Gasteiger partial charge in [-0.05, 0) is 6.92 Å². The number of rotatable bonds is 4.